The summed E-state index contributed by atoms with van der Waals surface area (Å²) in [5.74, 6) is -1.48. The summed E-state index contributed by atoms with van der Waals surface area (Å²) in [5, 5.41) is 25.4. The van der Waals surface area contributed by atoms with Crippen LogP contribution in [0.1, 0.15) is 30.1 Å². The minimum absolute atomic E-state index is 0.0511. The summed E-state index contributed by atoms with van der Waals surface area (Å²) in [6, 6.07) is 2.87. The van der Waals surface area contributed by atoms with Gasteiger partial charge in [-0.05, 0) is 25.8 Å². The van der Waals surface area contributed by atoms with E-state index in [0.29, 0.717) is 0 Å². The van der Waals surface area contributed by atoms with Crippen molar-refractivity contribution in [2.45, 2.75) is 31.8 Å². The van der Waals surface area contributed by atoms with Crippen molar-refractivity contribution in [1.29, 1.82) is 0 Å². The van der Waals surface area contributed by atoms with Gasteiger partial charge in [-0.1, -0.05) is 0 Å². The Morgan fingerprint density at radius 1 is 1.43 bits per heavy atom. The first kappa shape index (κ1) is 14.8. The number of hydrogen-bond donors (Lipinski definition) is 3. The first-order chi connectivity index (χ1) is 9.88. The molecule has 1 aliphatic carbocycles. The van der Waals surface area contributed by atoms with E-state index in [1.54, 1.807) is 6.92 Å². The molecule has 0 aliphatic heterocycles. The maximum atomic E-state index is 11.8. The van der Waals surface area contributed by atoms with E-state index >= 15 is 0 Å². The van der Waals surface area contributed by atoms with Crippen molar-refractivity contribution in [3.05, 3.63) is 33.9 Å². The summed E-state index contributed by atoms with van der Waals surface area (Å²) in [5.41, 5.74) is -0.306. The maximum Gasteiger partial charge on any atom is 0.337 e. The second-order valence-corrected chi connectivity index (χ2v) is 4.94. The number of aromatic carboxylic acids is 1. The van der Waals surface area contributed by atoms with Crippen LogP contribution >= 0.6 is 0 Å². The molecule has 1 unspecified atom stereocenters. The third-order valence-corrected chi connectivity index (χ3v) is 3.13. The van der Waals surface area contributed by atoms with Crippen molar-refractivity contribution < 1.29 is 19.6 Å². The quantitative estimate of drug-likeness (QED) is 0.538. The van der Waals surface area contributed by atoms with Gasteiger partial charge in [0, 0.05) is 18.2 Å². The lowest BCUT2D eigenvalue weighted by Gasteiger charge is -2.16. The number of anilines is 1. The Labute approximate surface area is 120 Å². The highest BCUT2D eigenvalue weighted by molar-refractivity contribution is 5.96. The molecule has 1 saturated carbocycles. The lowest BCUT2D eigenvalue weighted by Crippen LogP contribution is -2.39. The standard InChI is InChI=1S/C13H15N3O5/c1-7(12(17)15-8-2-3-8)14-11-6-9(16(20)21)4-5-10(11)13(18)19/h4-8,14H,2-3H2,1H3,(H,15,17)(H,18,19). The zero-order chi connectivity index (χ0) is 15.6. The number of carboxylic acid groups (broad SMARTS) is 1. The predicted octanol–water partition coefficient (Wildman–Crippen LogP) is 1.37. The number of nitro groups is 1. The van der Waals surface area contributed by atoms with Gasteiger partial charge in [-0.15, -0.1) is 0 Å². The second-order valence-electron chi connectivity index (χ2n) is 4.94. The van der Waals surface area contributed by atoms with Crippen molar-refractivity contribution in [2.75, 3.05) is 5.32 Å². The van der Waals surface area contributed by atoms with E-state index in [2.05, 4.69) is 10.6 Å². The number of benzene rings is 1. The highest BCUT2D eigenvalue weighted by Crippen LogP contribution is 2.24. The number of nitrogens with one attached hydrogen (secondary N) is 2. The van der Waals surface area contributed by atoms with Crippen LogP contribution in [-0.4, -0.2) is 34.0 Å². The van der Waals surface area contributed by atoms with E-state index in [1.165, 1.54) is 0 Å². The van der Waals surface area contributed by atoms with E-state index in [1.807, 2.05) is 0 Å². The van der Waals surface area contributed by atoms with Gasteiger partial charge in [0.1, 0.15) is 6.04 Å². The number of carboxylic acids is 1. The van der Waals surface area contributed by atoms with Gasteiger partial charge in [-0.25, -0.2) is 4.79 Å². The van der Waals surface area contributed by atoms with Crippen LogP contribution in [0.5, 0.6) is 0 Å². The van der Waals surface area contributed by atoms with Gasteiger partial charge in [-0.2, -0.15) is 0 Å². The first-order valence-corrected chi connectivity index (χ1v) is 6.47. The van der Waals surface area contributed by atoms with Gasteiger partial charge < -0.3 is 15.7 Å². The molecule has 112 valence electrons. The summed E-state index contributed by atoms with van der Waals surface area (Å²) in [6.45, 7) is 1.57. The number of carbonyl (C=O) groups excluding carboxylic acids is 1. The topological polar surface area (TPSA) is 122 Å². The summed E-state index contributed by atoms with van der Waals surface area (Å²) in [4.78, 5) is 33.1. The molecule has 1 aliphatic rings. The summed E-state index contributed by atoms with van der Waals surface area (Å²) >= 11 is 0. The Hall–Kier alpha value is -2.64. The summed E-state index contributed by atoms with van der Waals surface area (Å²) in [7, 11) is 0. The zero-order valence-corrected chi connectivity index (χ0v) is 11.3. The molecule has 0 bridgehead atoms. The Bertz CT molecular complexity index is 597. The van der Waals surface area contributed by atoms with Gasteiger partial charge in [-0.3, -0.25) is 14.9 Å². The number of non-ortho nitro benzene ring substituents is 1. The number of rotatable bonds is 6. The van der Waals surface area contributed by atoms with Crippen molar-refractivity contribution in [2.24, 2.45) is 0 Å². The van der Waals surface area contributed by atoms with Crippen LogP contribution < -0.4 is 10.6 Å². The molecule has 1 fully saturated rings. The van der Waals surface area contributed by atoms with Crippen LogP contribution in [0.2, 0.25) is 0 Å². The fraction of sp³-hybridized carbons (Fsp3) is 0.385. The Kier molecular flexibility index (Phi) is 4.06. The summed E-state index contributed by atoms with van der Waals surface area (Å²) < 4.78 is 0. The molecule has 21 heavy (non-hydrogen) atoms. The van der Waals surface area contributed by atoms with Gasteiger partial charge in [0.05, 0.1) is 16.2 Å². The molecule has 0 saturated heterocycles. The minimum atomic E-state index is -1.22. The molecular weight excluding hydrogens is 278 g/mol. The Morgan fingerprint density at radius 2 is 2.10 bits per heavy atom. The van der Waals surface area contributed by atoms with Crippen LogP contribution in [-0.2, 0) is 4.79 Å². The van der Waals surface area contributed by atoms with Crippen LogP contribution in [0, 0.1) is 10.1 Å². The lowest BCUT2D eigenvalue weighted by atomic mass is 10.1. The molecule has 1 aromatic rings. The first-order valence-electron chi connectivity index (χ1n) is 6.47. The number of hydrogen-bond acceptors (Lipinski definition) is 5. The SMILES string of the molecule is CC(Nc1cc([N+](=O)[O-])ccc1C(=O)O)C(=O)NC1CC1. The number of nitrogens with zero attached hydrogens (tertiary/aromatic N) is 1. The largest absolute Gasteiger partial charge is 0.478 e. The monoisotopic (exact) mass is 293 g/mol. The van der Waals surface area contributed by atoms with Crippen molar-refractivity contribution in [3.63, 3.8) is 0 Å². The normalized spacial score (nSPS) is 15.1. The van der Waals surface area contributed by atoms with E-state index in [9.17, 15) is 19.7 Å². The van der Waals surface area contributed by atoms with E-state index < -0.39 is 16.9 Å². The Morgan fingerprint density at radius 3 is 2.62 bits per heavy atom. The highest BCUT2D eigenvalue weighted by atomic mass is 16.6. The third-order valence-electron chi connectivity index (χ3n) is 3.13. The third kappa shape index (κ3) is 3.68. The fourth-order valence-electron chi connectivity index (χ4n) is 1.80. The average Bonchev–Trinajstić information content (AvgIpc) is 3.22. The molecule has 1 amide bonds. The maximum absolute atomic E-state index is 11.8. The number of carbonyl (C=O) groups is 2. The van der Waals surface area contributed by atoms with Gasteiger partial charge in [0.2, 0.25) is 5.91 Å². The van der Waals surface area contributed by atoms with Gasteiger partial charge in [0.15, 0.2) is 0 Å². The summed E-state index contributed by atoms with van der Waals surface area (Å²) in [6.07, 6.45) is 1.88. The van der Waals surface area contributed by atoms with E-state index in [4.69, 9.17) is 5.11 Å². The molecule has 1 atom stereocenters. The van der Waals surface area contributed by atoms with Gasteiger partial charge in [0.25, 0.3) is 5.69 Å². The number of nitro benzene ring substituents is 1. The van der Waals surface area contributed by atoms with Crippen molar-refractivity contribution in [3.8, 4) is 0 Å². The van der Waals surface area contributed by atoms with Crippen molar-refractivity contribution >= 4 is 23.3 Å². The smallest absolute Gasteiger partial charge is 0.337 e. The lowest BCUT2D eigenvalue weighted by molar-refractivity contribution is -0.384. The van der Waals surface area contributed by atoms with E-state index in [-0.39, 0.29) is 28.9 Å². The average molecular weight is 293 g/mol. The second kappa shape index (κ2) is 5.78. The molecule has 0 heterocycles. The molecule has 0 spiro atoms. The van der Waals surface area contributed by atoms with Crippen LogP contribution in [0.3, 0.4) is 0 Å². The predicted molar refractivity (Wildman–Crippen MR) is 74.3 cm³/mol. The zero-order valence-electron chi connectivity index (χ0n) is 11.3. The molecule has 2 rings (SSSR count). The highest BCUT2D eigenvalue weighted by Gasteiger charge is 2.26. The molecule has 0 radical (unpaired) electrons. The van der Waals surface area contributed by atoms with Crippen LogP contribution in [0.4, 0.5) is 11.4 Å². The van der Waals surface area contributed by atoms with Crippen LogP contribution in [0.25, 0.3) is 0 Å². The van der Waals surface area contributed by atoms with Crippen LogP contribution in [0.15, 0.2) is 18.2 Å². The molecule has 0 aromatic heterocycles. The molecular formula is C13H15N3O5. The molecule has 1 aromatic carbocycles. The van der Waals surface area contributed by atoms with Crippen molar-refractivity contribution in [1.82, 2.24) is 5.32 Å². The molecule has 8 nitrogen and oxygen atoms in total. The molecule has 3 N–H and O–H groups in total. The number of amides is 1. The minimum Gasteiger partial charge on any atom is -0.478 e. The molecule has 8 heteroatoms. The van der Waals surface area contributed by atoms with E-state index in [0.717, 1.165) is 31.0 Å². The fourth-order valence-corrected chi connectivity index (χ4v) is 1.80. The Balaban J connectivity index is 2.19. The van der Waals surface area contributed by atoms with Gasteiger partial charge >= 0.3 is 5.97 Å².